The number of hydrogen-bond donors (Lipinski definition) is 0. The molecule has 6 nitrogen and oxygen atoms in total. The summed E-state index contributed by atoms with van der Waals surface area (Å²) >= 11 is 0. The van der Waals surface area contributed by atoms with Crippen LogP contribution in [0.2, 0.25) is 0 Å². The Balaban J connectivity index is 1.66. The number of oxime groups is 1. The molecule has 25 heavy (non-hydrogen) atoms. The molecular weight excluding hydrogens is 318 g/mol. The van der Waals surface area contributed by atoms with Crippen LogP contribution in [0.4, 0.5) is 0 Å². The van der Waals surface area contributed by atoms with Gasteiger partial charge in [-0.1, -0.05) is 17.3 Å². The summed E-state index contributed by atoms with van der Waals surface area (Å²) in [4.78, 5) is 24.3. The number of benzene rings is 2. The molecule has 0 unspecified atom stereocenters. The molecule has 1 heterocycles. The Bertz CT molecular complexity index is 921. The predicted octanol–water partition coefficient (Wildman–Crippen LogP) is 3.41. The Morgan fingerprint density at radius 3 is 2.44 bits per heavy atom. The van der Waals surface area contributed by atoms with Crippen LogP contribution in [0, 0.1) is 6.92 Å². The molecule has 0 aliphatic rings. The van der Waals surface area contributed by atoms with Gasteiger partial charge in [0, 0.05) is 6.92 Å². The highest BCUT2D eigenvalue weighted by Crippen LogP contribution is 2.16. The van der Waals surface area contributed by atoms with Crippen LogP contribution in [-0.2, 0) is 16.2 Å². The lowest BCUT2D eigenvalue weighted by atomic mass is 10.2. The molecule has 0 saturated carbocycles. The Morgan fingerprint density at radius 1 is 1.08 bits per heavy atom. The molecular formula is C19H17N3O3. The fraction of sp³-hybridized carbons (Fsp3) is 0.158. The van der Waals surface area contributed by atoms with Gasteiger partial charge in [0.05, 0.1) is 28.6 Å². The summed E-state index contributed by atoms with van der Waals surface area (Å²) in [5.74, 6) is 0.252. The van der Waals surface area contributed by atoms with E-state index in [2.05, 4.69) is 20.0 Å². The van der Waals surface area contributed by atoms with Gasteiger partial charge in [-0.3, -0.25) is 0 Å². The summed E-state index contributed by atoms with van der Waals surface area (Å²) in [6.45, 7) is 3.56. The first-order valence-corrected chi connectivity index (χ1v) is 7.78. The van der Waals surface area contributed by atoms with Gasteiger partial charge in [-0.15, -0.1) is 0 Å². The first kappa shape index (κ1) is 16.6. The van der Waals surface area contributed by atoms with Crippen molar-refractivity contribution in [1.82, 2.24) is 9.97 Å². The number of carbonyl (C=O) groups excluding carboxylic acids is 1. The highest BCUT2D eigenvalue weighted by Gasteiger charge is 2.06. The maximum Gasteiger partial charge on any atom is 0.331 e. The molecule has 0 bridgehead atoms. The van der Waals surface area contributed by atoms with Gasteiger partial charge in [-0.2, -0.15) is 0 Å². The van der Waals surface area contributed by atoms with Gasteiger partial charge in [-0.05, 0) is 48.9 Å². The van der Waals surface area contributed by atoms with Crippen LogP contribution in [0.15, 0.2) is 53.7 Å². The molecule has 0 atom stereocenters. The number of aryl methyl sites for hydroxylation is 1. The number of aromatic nitrogens is 2. The van der Waals surface area contributed by atoms with Crippen LogP contribution >= 0.6 is 0 Å². The quantitative estimate of drug-likeness (QED) is 0.406. The van der Waals surface area contributed by atoms with Crippen LogP contribution < -0.4 is 4.74 Å². The highest BCUT2D eigenvalue weighted by atomic mass is 16.7. The number of ether oxygens (including phenoxy) is 1. The predicted molar refractivity (Wildman–Crippen MR) is 94.4 cm³/mol. The van der Waals surface area contributed by atoms with Crippen molar-refractivity contribution in [3.63, 3.8) is 0 Å². The molecule has 3 aromatic rings. The number of fused-ring (bicyclic) bond motifs is 1. The number of carbonyl (C=O) groups is 1. The van der Waals surface area contributed by atoms with Crippen molar-refractivity contribution in [3.05, 3.63) is 65.5 Å². The Hall–Kier alpha value is -3.28. The molecule has 126 valence electrons. The second-order valence-electron chi connectivity index (χ2n) is 5.42. The highest BCUT2D eigenvalue weighted by molar-refractivity contribution is 5.80. The first-order chi connectivity index (χ1) is 12.1. The molecule has 0 spiro atoms. The molecule has 0 fully saturated rings. The minimum absolute atomic E-state index is 0.338. The third-order valence-corrected chi connectivity index (χ3v) is 3.48. The van der Waals surface area contributed by atoms with Gasteiger partial charge in [0.1, 0.15) is 12.4 Å². The van der Waals surface area contributed by atoms with Crippen molar-refractivity contribution in [1.29, 1.82) is 0 Å². The molecule has 0 aliphatic heterocycles. The van der Waals surface area contributed by atoms with E-state index in [0.29, 0.717) is 12.4 Å². The molecule has 1 aromatic heterocycles. The van der Waals surface area contributed by atoms with Crippen LogP contribution in [0.5, 0.6) is 5.75 Å². The van der Waals surface area contributed by atoms with Crippen molar-refractivity contribution < 1.29 is 14.4 Å². The average molecular weight is 335 g/mol. The van der Waals surface area contributed by atoms with Crippen LogP contribution in [0.25, 0.3) is 11.0 Å². The van der Waals surface area contributed by atoms with Crippen LogP contribution in [0.1, 0.15) is 23.9 Å². The second kappa shape index (κ2) is 7.53. The smallest absolute Gasteiger partial charge is 0.331 e. The second-order valence-corrected chi connectivity index (χ2v) is 5.42. The standard InChI is InChI=1S/C19H17N3O3/c1-13-19(22-18-6-4-3-5-17(18)21-13)12-24-16-9-7-15(8-10-16)11-20-25-14(2)23/h3-11H,12H2,1-2H3/b20-11-. The van der Waals surface area contributed by atoms with E-state index in [-0.39, 0.29) is 0 Å². The summed E-state index contributed by atoms with van der Waals surface area (Å²) in [5, 5.41) is 3.57. The summed E-state index contributed by atoms with van der Waals surface area (Å²) in [7, 11) is 0. The minimum Gasteiger partial charge on any atom is -0.487 e. The lowest BCUT2D eigenvalue weighted by molar-refractivity contribution is -0.140. The molecule has 3 rings (SSSR count). The van der Waals surface area contributed by atoms with Gasteiger partial charge in [0.15, 0.2) is 0 Å². The van der Waals surface area contributed by atoms with E-state index in [9.17, 15) is 4.79 Å². The van der Waals surface area contributed by atoms with Gasteiger partial charge in [-0.25, -0.2) is 14.8 Å². The van der Waals surface area contributed by atoms with E-state index in [1.807, 2.05) is 55.5 Å². The third kappa shape index (κ3) is 4.38. The Morgan fingerprint density at radius 2 is 1.76 bits per heavy atom. The topological polar surface area (TPSA) is 73.7 Å². The molecule has 0 saturated heterocycles. The number of nitrogens with zero attached hydrogens (tertiary/aromatic N) is 3. The third-order valence-electron chi connectivity index (χ3n) is 3.48. The molecule has 0 aliphatic carbocycles. The lowest BCUT2D eigenvalue weighted by Gasteiger charge is -2.09. The van der Waals surface area contributed by atoms with Gasteiger partial charge in [0.2, 0.25) is 0 Å². The fourth-order valence-electron chi connectivity index (χ4n) is 2.22. The Kier molecular flexibility index (Phi) is 4.99. The van der Waals surface area contributed by atoms with Gasteiger partial charge in [0.25, 0.3) is 0 Å². The monoisotopic (exact) mass is 335 g/mol. The molecule has 6 heteroatoms. The average Bonchev–Trinajstić information content (AvgIpc) is 2.61. The van der Waals surface area contributed by atoms with Crippen molar-refractivity contribution >= 4 is 23.2 Å². The minimum atomic E-state index is -0.455. The Labute approximate surface area is 145 Å². The van der Waals surface area contributed by atoms with E-state index in [1.165, 1.54) is 13.1 Å². The maximum absolute atomic E-state index is 10.7. The largest absolute Gasteiger partial charge is 0.487 e. The van der Waals surface area contributed by atoms with E-state index in [1.54, 1.807) is 0 Å². The first-order valence-electron chi connectivity index (χ1n) is 7.78. The maximum atomic E-state index is 10.7. The van der Waals surface area contributed by atoms with E-state index < -0.39 is 5.97 Å². The van der Waals surface area contributed by atoms with Gasteiger partial charge < -0.3 is 9.57 Å². The zero-order valence-electron chi connectivity index (χ0n) is 14.0. The molecule has 0 N–H and O–H groups in total. The normalized spacial score (nSPS) is 11.0. The number of para-hydroxylation sites is 2. The fourth-order valence-corrected chi connectivity index (χ4v) is 2.22. The summed E-state index contributed by atoms with van der Waals surface area (Å²) in [6.07, 6.45) is 1.46. The van der Waals surface area contributed by atoms with Crippen molar-refractivity contribution in [2.45, 2.75) is 20.5 Å². The van der Waals surface area contributed by atoms with Crippen LogP contribution in [0.3, 0.4) is 0 Å². The van der Waals surface area contributed by atoms with E-state index in [4.69, 9.17) is 4.74 Å². The number of hydrogen-bond acceptors (Lipinski definition) is 6. The molecule has 2 aromatic carbocycles. The summed E-state index contributed by atoms with van der Waals surface area (Å²) < 4.78 is 5.79. The zero-order valence-corrected chi connectivity index (χ0v) is 14.0. The zero-order chi connectivity index (χ0) is 17.6. The van der Waals surface area contributed by atoms with E-state index >= 15 is 0 Å². The lowest BCUT2D eigenvalue weighted by Crippen LogP contribution is -2.03. The summed E-state index contributed by atoms with van der Waals surface area (Å²) in [6, 6.07) is 15.0. The van der Waals surface area contributed by atoms with Gasteiger partial charge >= 0.3 is 5.97 Å². The van der Waals surface area contributed by atoms with Crippen molar-refractivity contribution in [2.75, 3.05) is 0 Å². The van der Waals surface area contributed by atoms with E-state index in [0.717, 1.165) is 28.0 Å². The molecule has 0 radical (unpaired) electrons. The molecule has 0 amide bonds. The van der Waals surface area contributed by atoms with Crippen molar-refractivity contribution in [2.24, 2.45) is 5.16 Å². The van der Waals surface area contributed by atoms with Crippen LogP contribution in [-0.4, -0.2) is 22.2 Å². The summed E-state index contributed by atoms with van der Waals surface area (Å²) in [5.41, 5.74) is 4.18. The number of rotatable bonds is 5. The van der Waals surface area contributed by atoms with Crippen molar-refractivity contribution in [3.8, 4) is 5.75 Å². The SMILES string of the molecule is CC(=O)O/N=C\c1ccc(OCc2nc3ccccc3nc2C)cc1.